The zero-order valence-corrected chi connectivity index (χ0v) is 18.3. The monoisotopic (exact) mass is 422 g/mol. The van der Waals surface area contributed by atoms with Gasteiger partial charge in [-0.05, 0) is 49.8 Å². The summed E-state index contributed by atoms with van der Waals surface area (Å²) in [6.45, 7) is 6.10. The van der Waals surface area contributed by atoms with Crippen LogP contribution in [-0.2, 0) is 17.8 Å². The Morgan fingerprint density at radius 2 is 2.03 bits per heavy atom. The van der Waals surface area contributed by atoms with Gasteiger partial charge < -0.3 is 20.3 Å². The first-order valence-electron chi connectivity index (χ1n) is 11.0. The summed E-state index contributed by atoms with van der Waals surface area (Å²) in [6, 6.07) is 4.07. The largest absolute Gasteiger partial charge is 0.378 e. The molecule has 0 unspecified atom stereocenters. The number of aromatic amines is 1. The number of rotatable bonds is 5. The summed E-state index contributed by atoms with van der Waals surface area (Å²) in [4.78, 5) is 19.0. The molecule has 164 valence electrons. The number of nitrogens with one attached hydrogen (secondary N) is 1. The van der Waals surface area contributed by atoms with Gasteiger partial charge in [0.1, 0.15) is 5.69 Å². The van der Waals surface area contributed by atoms with Gasteiger partial charge in [-0.2, -0.15) is 5.10 Å². The Morgan fingerprint density at radius 1 is 1.19 bits per heavy atom. The van der Waals surface area contributed by atoms with Gasteiger partial charge in [0.05, 0.1) is 18.0 Å². The number of fused-ring (bicyclic) bond motifs is 2. The number of hydrogen-bond donors (Lipinski definition) is 2. The van der Waals surface area contributed by atoms with E-state index in [1.807, 2.05) is 12.3 Å². The number of methoxy groups -OCH3 is 1. The summed E-state index contributed by atoms with van der Waals surface area (Å²) >= 11 is 0. The fourth-order valence-electron chi connectivity index (χ4n) is 4.60. The molecule has 0 radical (unpaired) electrons. The number of nitrogens with two attached hydrogens (primary N) is 1. The standard InChI is InChI=1S/C22H30N8O/c1-22(14-23)7-11-29(12-8-22)20-16(13-31-2)25-18-19(26-20)27-28-21(18)30-10-4-5-15-17(30)6-3-9-24-15/h3,6,9H,4-5,7-8,10-14,23H2,1-2H3,(H,26,27,28). The summed E-state index contributed by atoms with van der Waals surface area (Å²) < 4.78 is 5.49. The van der Waals surface area contributed by atoms with E-state index < -0.39 is 0 Å². The van der Waals surface area contributed by atoms with Crippen LogP contribution in [0.1, 0.15) is 37.6 Å². The molecule has 9 nitrogen and oxygen atoms in total. The first-order valence-corrected chi connectivity index (χ1v) is 11.0. The van der Waals surface area contributed by atoms with Crippen molar-refractivity contribution >= 4 is 28.5 Å². The summed E-state index contributed by atoms with van der Waals surface area (Å²) in [5, 5.41) is 7.73. The number of piperidine rings is 1. The molecule has 5 rings (SSSR count). The van der Waals surface area contributed by atoms with Crippen molar-refractivity contribution < 1.29 is 4.74 Å². The Balaban J connectivity index is 1.53. The normalized spacial score (nSPS) is 18.4. The van der Waals surface area contributed by atoms with Gasteiger partial charge in [0.15, 0.2) is 22.8 Å². The summed E-state index contributed by atoms with van der Waals surface area (Å²) in [6.07, 6.45) is 5.95. The van der Waals surface area contributed by atoms with E-state index in [1.165, 1.54) is 0 Å². The van der Waals surface area contributed by atoms with Gasteiger partial charge in [-0.3, -0.25) is 10.1 Å². The number of aryl methyl sites for hydroxylation is 1. The van der Waals surface area contributed by atoms with Crippen LogP contribution < -0.4 is 15.5 Å². The molecule has 1 saturated heterocycles. The Kier molecular flexibility index (Phi) is 5.23. The number of ether oxygens (including phenoxy) is 1. The van der Waals surface area contributed by atoms with Crippen molar-refractivity contribution in [3.05, 3.63) is 29.7 Å². The molecule has 3 N–H and O–H groups in total. The van der Waals surface area contributed by atoms with Gasteiger partial charge in [-0.15, -0.1) is 0 Å². The van der Waals surface area contributed by atoms with E-state index in [2.05, 4.69) is 38.0 Å². The Hall–Kier alpha value is -2.78. The van der Waals surface area contributed by atoms with Gasteiger partial charge in [0.25, 0.3) is 0 Å². The minimum absolute atomic E-state index is 0.201. The zero-order valence-electron chi connectivity index (χ0n) is 18.3. The van der Waals surface area contributed by atoms with Gasteiger partial charge in [-0.25, -0.2) is 9.97 Å². The maximum Gasteiger partial charge on any atom is 0.183 e. The van der Waals surface area contributed by atoms with Crippen molar-refractivity contribution in [2.24, 2.45) is 11.1 Å². The van der Waals surface area contributed by atoms with E-state index >= 15 is 0 Å². The van der Waals surface area contributed by atoms with Crippen molar-refractivity contribution in [1.82, 2.24) is 25.1 Å². The Labute approximate surface area is 182 Å². The van der Waals surface area contributed by atoms with E-state index in [0.29, 0.717) is 18.8 Å². The van der Waals surface area contributed by atoms with E-state index in [-0.39, 0.29) is 5.41 Å². The Morgan fingerprint density at radius 3 is 2.81 bits per heavy atom. The number of nitrogens with zero attached hydrogens (tertiary/aromatic N) is 6. The number of anilines is 3. The predicted octanol–water partition coefficient (Wildman–Crippen LogP) is 2.54. The van der Waals surface area contributed by atoms with Crippen LogP contribution in [0, 0.1) is 5.41 Å². The molecule has 9 heteroatoms. The van der Waals surface area contributed by atoms with E-state index in [0.717, 1.165) is 79.5 Å². The fourth-order valence-corrected chi connectivity index (χ4v) is 4.60. The smallest absolute Gasteiger partial charge is 0.183 e. The van der Waals surface area contributed by atoms with Crippen LogP contribution in [0.3, 0.4) is 0 Å². The molecule has 0 bridgehead atoms. The minimum atomic E-state index is 0.201. The molecule has 3 aromatic rings. The average Bonchev–Trinajstić information content (AvgIpc) is 3.22. The summed E-state index contributed by atoms with van der Waals surface area (Å²) in [5.74, 6) is 1.68. The number of H-pyrrole nitrogens is 1. The van der Waals surface area contributed by atoms with Crippen LogP contribution >= 0.6 is 0 Å². The molecule has 31 heavy (non-hydrogen) atoms. The number of aromatic nitrogens is 5. The topological polar surface area (TPSA) is 109 Å². The van der Waals surface area contributed by atoms with Crippen LogP contribution in [0.2, 0.25) is 0 Å². The zero-order chi connectivity index (χ0) is 21.4. The molecule has 0 amide bonds. The van der Waals surface area contributed by atoms with E-state index in [9.17, 15) is 0 Å². The van der Waals surface area contributed by atoms with E-state index in [1.54, 1.807) is 7.11 Å². The SMILES string of the molecule is COCc1nc2c(N3CCCc4ncccc43)n[nH]c2nc1N1CCC(C)(CN)CC1. The van der Waals surface area contributed by atoms with Crippen molar-refractivity contribution in [2.75, 3.05) is 43.1 Å². The molecule has 0 aliphatic carbocycles. The van der Waals surface area contributed by atoms with Gasteiger partial charge >= 0.3 is 0 Å². The first kappa shape index (κ1) is 20.1. The van der Waals surface area contributed by atoms with Gasteiger partial charge in [0, 0.05) is 32.9 Å². The molecule has 5 heterocycles. The third-order valence-electron chi connectivity index (χ3n) is 6.68. The molecule has 0 saturated carbocycles. The lowest BCUT2D eigenvalue weighted by molar-refractivity contribution is 0.181. The highest BCUT2D eigenvalue weighted by Gasteiger charge is 2.31. The quantitative estimate of drug-likeness (QED) is 0.646. The molecule has 2 aliphatic heterocycles. The third kappa shape index (κ3) is 3.61. The lowest BCUT2D eigenvalue weighted by Crippen LogP contribution is -2.43. The van der Waals surface area contributed by atoms with Crippen LogP contribution in [0.15, 0.2) is 18.3 Å². The molecule has 3 aromatic heterocycles. The molecular weight excluding hydrogens is 392 g/mol. The highest BCUT2D eigenvalue weighted by molar-refractivity contribution is 5.88. The molecule has 2 aliphatic rings. The van der Waals surface area contributed by atoms with Crippen LogP contribution in [0.25, 0.3) is 11.2 Å². The summed E-state index contributed by atoms with van der Waals surface area (Å²) in [5.41, 5.74) is 10.7. The molecule has 0 aromatic carbocycles. The second kappa shape index (κ2) is 8.05. The Bertz CT molecular complexity index is 1070. The van der Waals surface area contributed by atoms with Crippen LogP contribution in [0.4, 0.5) is 17.3 Å². The molecule has 0 spiro atoms. The number of pyridine rings is 1. The minimum Gasteiger partial charge on any atom is -0.378 e. The number of hydrogen-bond acceptors (Lipinski definition) is 8. The van der Waals surface area contributed by atoms with Gasteiger partial charge in [0.2, 0.25) is 0 Å². The highest BCUT2D eigenvalue weighted by atomic mass is 16.5. The maximum atomic E-state index is 5.99. The van der Waals surface area contributed by atoms with Crippen molar-refractivity contribution in [1.29, 1.82) is 0 Å². The summed E-state index contributed by atoms with van der Waals surface area (Å²) in [7, 11) is 1.69. The molecule has 0 atom stereocenters. The lowest BCUT2D eigenvalue weighted by Gasteiger charge is -2.39. The second-order valence-corrected chi connectivity index (χ2v) is 8.90. The molecule has 1 fully saturated rings. The van der Waals surface area contributed by atoms with Crippen LogP contribution in [0.5, 0.6) is 0 Å². The third-order valence-corrected chi connectivity index (χ3v) is 6.68. The van der Waals surface area contributed by atoms with Crippen LogP contribution in [-0.4, -0.2) is 58.4 Å². The second-order valence-electron chi connectivity index (χ2n) is 8.90. The van der Waals surface area contributed by atoms with Crippen molar-refractivity contribution in [3.8, 4) is 0 Å². The first-order chi connectivity index (χ1) is 15.1. The maximum absolute atomic E-state index is 5.99. The predicted molar refractivity (Wildman–Crippen MR) is 121 cm³/mol. The van der Waals surface area contributed by atoms with Gasteiger partial charge in [-0.1, -0.05) is 6.92 Å². The van der Waals surface area contributed by atoms with Crippen molar-refractivity contribution in [3.63, 3.8) is 0 Å². The lowest BCUT2D eigenvalue weighted by atomic mass is 9.80. The van der Waals surface area contributed by atoms with Crippen molar-refractivity contribution in [2.45, 2.75) is 39.2 Å². The average molecular weight is 423 g/mol. The molecular formula is C22H30N8O. The van der Waals surface area contributed by atoms with E-state index in [4.69, 9.17) is 20.4 Å². The highest BCUT2D eigenvalue weighted by Crippen LogP contribution is 2.36. The fraction of sp³-hybridized carbons (Fsp3) is 0.545.